The third-order valence-electron chi connectivity index (χ3n) is 0.927. The molecule has 22 heavy (non-hydrogen) atoms. The molecule has 7 heteroatoms. The third kappa shape index (κ3) is 290. The van der Waals surface area contributed by atoms with Crippen molar-refractivity contribution in [1.82, 2.24) is 5.32 Å². The van der Waals surface area contributed by atoms with Crippen molar-refractivity contribution in [3.63, 3.8) is 0 Å². The van der Waals surface area contributed by atoms with Crippen molar-refractivity contribution in [3.05, 3.63) is 0 Å². The van der Waals surface area contributed by atoms with E-state index in [9.17, 15) is 14.4 Å². The molecule has 0 unspecified atom stereocenters. The van der Waals surface area contributed by atoms with E-state index in [0.717, 1.165) is 0 Å². The van der Waals surface area contributed by atoms with Gasteiger partial charge in [-0.2, -0.15) is 0 Å². The fourth-order valence-corrected chi connectivity index (χ4v) is 0. The molecule has 0 rings (SSSR count). The van der Waals surface area contributed by atoms with Crippen LogP contribution in [0.3, 0.4) is 0 Å². The van der Waals surface area contributed by atoms with Crippen molar-refractivity contribution in [2.45, 2.75) is 50.5 Å². The lowest BCUT2D eigenvalue weighted by molar-refractivity contribution is -0.138. The summed E-state index contributed by atoms with van der Waals surface area (Å²) in [6.45, 7) is 4.19. The van der Waals surface area contributed by atoms with Gasteiger partial charge in [0.2, 0.25) is 5.91 Å². The number of nitrogens with one attached hydrogen (secondary N) is 1. The first kappa shape index (κ1) is 49.9. The molecule has 0 aliphatic heterocycles. The van der Waals surface area contributed by atoms with Gasteiger partial charge in [0.1, 0.15) is 0 Å². The number of methoxy groups -OCH3 is 3. The monoisotopic (exact) mass is 331 g/mol. The summed E-state index contributed by atoms with van der Waals surface area (Å²) >= 11 is 0. The molecule has 0 bridgehead atoms. The molecule has 1 amide bonds. The van der Waals surface area contributed by atoms with E-state index in [-0.39, 0.29) is 47.6 Å². The minimum Gasteiger partial charge on any atom is -0.469 e. The van der Waals surface area contributed by atoms with Crippen molar-refractivity contribution < 1.29 is 28.6 Å². The maximum absolute atomic E-state index is 9.70. The quantitative estimate of drug-likeness (QED) is 0.686. The Morgan fingerprint density at radius 2 is 0.773 bits per heavy atom. The number of esters is 2. The van der Waals surface area contributed by atoms with E-state index in [1.165, 1.54) is 35.0 Å². The normalized spacial score (nSPS) is 5.45. The molecule has 0 saturated heterocycles. The maximum atomic E-state index is 9.70. The van der Waals surface area contributed by atoms with Crippen LogP contribution in [0.5, 0.6) is 0 Å². The summed E-state index contributed by atoms with van der Waals surface area (Å²) in [5.41, 5.74) is 0. The zero-order valence-electron chi connectivity index (χ0n) is 12.4. The average Bonchev–Trinajstić information content (AvgIpc) is 2.31. The highest BCUT2D eigenvalue weighted by molar-refractivity contribution is 5.72. The number of hydrogen-bond acceptors (Lipinski definition) is 6. The van der Waals surface area contributed by atoms with Crippen molar-refractivity contribution >= 4 is 17.8 Å². The Labute approximate surface area is 138 Å². The molecule has 0 aromatic carbocycles. The van der Waals surface area contributed by atoms with Gasteiger partial charge in [-0.25, -0.2) is 0 Å². The summed E-state index contributed by atoms with van der Waals surface area (Å²) in [7, 11) is 7.55. The average molecular weight is 331 g/mol. The van der Waals surface area contributed by atoms with E-state index >= 15 is 0 Å². The predicted octanol–water partition coefficient (Wildman–Crippen LogP) is 2.92. The summed E-state index contributed by atoms with van der Waals surface area (Å²) in [5, 5.41) is 2.39. The lowest BCUT2D eigenvalue weighted by atomic mass is 10.7. The van der Waals surface area contributed by atoms with E-state index in [0.29, 0.717) is 0 Å². The molecule has 0 spiro atoms. The minimum absolute atomic E-state index is 0. The summed E-state index contributed by atoms with van der Waals surface area (Å²) in [6.07, 6.45) is 0. The Kier molecular flexibility index (Phi) is 115. The van der Waals surface area contributed by atoms with Crippen LogP contribution in [-0.4, -0.2) is 53.3 Å². The van der Waals surface area contributed by atoms with E-state index in [1.54, 1.807) is 21.3 Å². The predicted molar refractivity (Wildman–Crippen MR) is 95.0 cm³/mol. The molecular formula is C15H41NO6. The topological polar surface area (TPSA) is 90.9 Å². The smallest absolute Gasteiger partial charge is 0.302 e. The summed E-state index contributed by atoms with van der Waals surface area (Å²) in [4.78, 5) is 28.9. The van der Waals surface area contributed by atoms with E-state index in [2.05, 4.69) is 19.5 Å². The summed E-state index contributed by atoms with van der Waals surface area (Å²) in [6, 6.07) is 0. The van der Waals surface area contributed by atoms with Gasteiger partial charge in [-0.05, 0) is 0 Å². The van der Waals surface area contributed by atoms with Crippen LogP contribution in [-0.2, 0) is 28.6 Å². The van der Waals surface area contributed by atoms with Gasteiger partial charge in [-0.15, -0.1) is 0 Å². The lowest BCUT2D eigenvalue weighted by Crippen LogP contribution is -2.11. The van der Waals surface area contributed by atoms with Gasteiger partial charge >= 0.3 is 11.9 Å². The van der Waals surface area contributed by atoms with Crippen molar-refractivity contribution in [1.29, 1.82) is 0 Å². The Balaban J connectivity index is -0.0000000189. The minimum atomic E-state index is -0.245. The number of carbonyl (C=O) groups is 3. The second kappa shape index (κ2) is 50.6. The van der Waals surface area contributed by atoms with Crippen LogP contribution in [0.25, 0.3) is 0 Å². The fourth-order valence-electron chi connectivity index (χ4n) is 0. The molecule has 0 atom stereocenters. The molecule has 0 saturated carbocycles. The molecule has 7 nitrogen and oxygen atoms in total. The van der Waals surface area contributed by atoms with Gasteiger partial charge in [0.05, 0.1) is 14.2 Å². The second-order valence-electron chi connectivity index (χ2n) is 2.61. The van der Waals surface area contributed by atoms with Gasteiger partial charge in [-0.1, -0.05) is 29.7 Å². The highest BCUT2D eigenvalue weighted by Gasteiger charge is 1.76. The molecule has 0 heterocycles. The number of amides is 1. The van der Waals surface area contributed by atoms with Crippen molar-refractivity contribution in [2.75, 3.05) is 35.5 Å². The molecule has 0 aromatic heterocycles. The first-order valence-corrected chi connectivity index (χ1v) is 4.90. The Morgan fingerprint density at radius 1 is 0.682 bits per heavy atom. The zero-order valence-corrected chi connectivity index (χ0v) is 12.4. The highest BCUT2D eigenvalue weighted by Crippen LogP contribution is 1.60. The molecule has 0 aliphatic carbocycles. The van der Waals surface area contributed by atoms with E-state index in [1.807, 2.05) is 0 Å². The summed E-state index contributed by atoms with van der Waals surface area (Å²) in [5.74, 6) is -0.486. The molecule has 0 aliphatic rings. The van der Waals surface area contributed by atoms with Crippen molar-refractivity contribution in [2.24, 2.45) is 0 Å². The number of rotatable bonds is 0. The fraction of sp³-hybridized carbons (Fsp3) is 0.800. The Morgan fingerprint density at radius 3 is 0.773 bits per heavy atom. The van der Waals surface area contributed by atoms with Gasteiger partial charge in [0.25, 0.3) is 0 Å². The number of hydrogen-bond donors (Lipinski definition) is 1. The van der Waals surface area contributed by atoms with Crippen molar-refractivity contribution in [3.8, 4) is 0 Å². The number of carbonyl (C=O) groups excluding carboxylic acids is 3. The molecular weight excluding hydrogens is 290 g/mol. The Hall–Kier alpha value is -1.63. The molecule has 0 fully saturated rings. The first-order chi connectivity index (χ1) is 8.22. The summed E-state index contributed by atoms with van der Waals surface area (Å²) < 4.78 is 12.5. The van der Waals surface area contributed by atoms with Gasteiger partial charge in [0, 0.05) is 42.0 Å². The van der Waals surface area contributed by atoms with E-state index < -0.39 is 0 Å². The second-order valence-corrected chi connectivity index (χ2v) is 2.61. The van der Waals surface area contributed by atoms with Crippen LogP contribution >= 0.6 is 0 Å². The molecule has 142 valence electrons. The molecule has 0 radical (unpaired) electrons. The SMILES string of the molecule is C.C.C.C.CNC(C)=O.COC.COC(C)=O.COC(C)=O. The lowest BCUT2D eigenvalue weighted by Gasteiger charge is -1.80. The van der Waals surface area contributed by atoms with Gasteiger partial charge < -0.3 is 19.5 Å². The highest BCUT2D eigenvalue weighted by atomic mass is 16.5. The van der Waals surface area contributed by atoms with Crippen LogP contribution in [0.2, 0.25) is 0 Å². The van der Waals surface area contributed by atoms with E-state index in [4.69, 9.17) is 0 Å². The Bertz CT molecular complexity index is 175. The molecule has 1 N–H and O–H groups in total. The first-order valence-electron chi connectivity index (χ1n) is 4.90. The van der Waals surface area contributed by atoms with Crippen LogP contribution in [0.15, 0.2) is 0 Å². The van der Waals surface area contributed by atoms with Crippen LogP contribution in [0.1, 0.15) is 50.5 Å². The standard InChI is InChI=1S/C3H7NO.2C3H6O2.C2H6O.4CH4/c1-3(5)4-2;2*1-3(4)5-2;1-3-2;;;;/h1-2H3,(H,4,5);2*1-2H3;1-2H3;4*1H4. The van der Waals surface area contributed by atoms with Crippen LogP contribution in [0.4, 0.5) is 0 Å². The van der Waals surface area contributed by atoms with Gasteiger partial charge in [-0.3, -0.25) is 14.4 Å². The van der Waals surface area contributed by atoms with Crippen LogP contribution < -0.4 is 5.32 Å². The third-order valence-corrected chi connectivity index (χ3v) is 0.927. The largest absolute Gasteiger partial charge is 0.469 e. The zero-order chi connectivity index (χ0) is 15.6. The van der Waals surface area contributed by atoms with Crippen LogP contribution in [0, 0.1) is 0 Å². The number of ether oxygens (including phenoxy) is 3. The maximum Gasteiger partial charge on any atom is 0.302 e. The molecule has 0 aromatic rings. The van der Waals surface area contributed by atoms with Gasteiger partial charge in [0.15, 0.2) is 0 Å².